The molecule has 1 fully saturated rings. The summed E-state index contributed by atoms with van der Waals surface area (Å²) < 4.78 is 1.03. The van der Waals surface area contributed by atoms with Crippen LogP contribution in [0.1, 0.15) is 30.1 Å². The predicted octanol–water partition coefficient (Wildman–Crippen LogP) is 3.57. The minimum Gasteiger partial charge on any atom is -0.341 e. The molecule has 0 bridgehead atoms. The molecule has 0 atom stereocenters. The molecule has 0 spiro atoms. The molecular weight excluding hydrogens is 403 g/mol. The molecule has 1 aliphatic rings. The summed E-state index contributed by atoms with van der Waals surface area (Å²) in [6, 6.07) is 7.46. The smallest absolute Gasteiger partial charge is 0.255 e. The third kappa shape index (κ3) is 4.19. The van der Waals surface area contributed by atoms with Gasteiger partial charge in [0.15, 0.2) is 0 Å². The zero-order chi connectivity index (χ0) is 16.2. The lowest BCUT2D eigenvalue weighted by Crippen LogP contribution is -2.34. The number of hydrogen-bond donors (Lipinski definition) is 1. The van der Waals surface area contributed by atoms with Crippen LogP contribution >= 0.6 is 22.6 Å². The second-order valence-electron chi connectivity index (χ2n) is 5.91. The molecule has 1 amide bonds. The second kappa shape index (κ2) is 7.25. The maximum Gasteiger partial charge on any atom is 0.255 e. The van der Waals surface area contributed by atoms with Crippen molar-refractivity contribution in [3.05, 3.63) is 45.8 Å². The molecule has 2 heterocycles. The number of aromatic nitrogens is 2. The van der Waals surface area contributed by atoms with Gasteiger partial charge in [0.2, 0.25) is 5.95 Å². The lowest BCUT2D eigenvalue weighted by atomic mass is 10.00. The van der Waals surface area contributed by atoms with Gasteiger partial charge in [-0.05, 0) is 59.5 Å². The lowest BCUT2D eigenvalue weighted by molar-refractivity contribution is 0.102. The number of anilines is 2. The number of amides is 1. The first kappa shape index (κ1) is 16.2. The molecule has 1 aromatic heterocycles. The fourth-order valence-corrected chi connectivity index (χ4v) is 3.13. The summed E-state index contributed by atoms with van der Waals surface area (Å²) in [5.74, 6) is 1.37. The van der Waals surface area contributed by atoms with E-state index < -0.39 is 0 Å². The van der Waals surface area contributed by atoms with Crippen molar-refractivity contribution in [2.24, 2.45) is 5.92 Å². The molecule has 1 aromatic carbocycles. The van der Waals surface area contributed by atoms with Gasteiger partial charge in [0.25, 0.3) is 5.91 Å². The second-order valence-corrected chi connectivity index (χ2v) is 7.15. The summed E-state index contributed by atoms with van der Waals surface area (Å²) in [4.78, 5) is 23.2. The molecule has 5 nitrogen and oxygen atoms in total. The molecule has 23 heavy (non-hydrogen) atoms. The number of piperidine rings is 1. The van der Waals surface area contributed by atoms with Crippen LogP contribution in [0.4, 0.5) is 11.6 Å². The first-order valence-corrected chi connectivity index (χ1v) is 8.83. The van der Waals surface area contributed by atoms with Gasteiger partial charge >= 0.3 is 0 Å². The van der Waals surface area contributed by atoms with Gasteiger partial charge in [0.05, 0.1) is 18.1 Å². The largest absolute Gasteiger partial charge is 0.341 e. The van der Waals surface area contributed by atoms with Gasteiger partial charge in [0, 0.05) is 22.2 Å². The third-order valence-electron chi connectivity index (χ3n) is 4.05. The van der Waals surface area contributed by atoms with E-state index in [1.807, 2.05) is 18.2 Å². The molecule has 120 valence electrons. The highest BCUT2D eigenvalue weighted by Gasteiger charge is 2.17. The predicted molar refractivity (Wildman–Crippen MR) is 99.8 cm³/mol. The van der Waals surface area contributed by atoms with Crippen molar-refractivity contribution >= 4 is 40.1 Å². The number of carbonyl (C=O) groups is 1. The Morgan fingerprint density at radius 2 is 1.96 bits per heavy atom. The molecule has 2 aromatic rings. The molecular formula is C17H19IN4O. The summed E-state index contributed by atoms with van der Waals surface area (Å²) in [6.45, 7) is 4.27. The van der Waals surface area contributed by atoms with Gasteiger partial charge < -0.3 is 10.2 Å². The average Bonchev–Trinajstić information content (AvgIpc) is 2.56. The van der Waals surface area contributed by atoms with E-state index in [4.69, 9.17) is 0 Å². The zero-order valence-electron chi connectivity index (χ0n) is 13.0. The Morgan fingerprint density at radius 1 is 1.26 bits per heavy atom. The van der Waals surface area contributed by atoms with Crippen LogP contribution in [0.2, 0.25) is 0 Å². The van der Waals surface area contributed by atoms with E-state index in [1.165, 1.54) is 12.8 Å². The number of benzene rings is 1. The minimum atomic E-state index is -0.147. The van der Waals surface area contributed by atoms with Gasteiger partial charge in [-0.2, -0.15) is 0 Å². The van der Waals surface area contributed by atoms with Crippen molar-refractivity contribution in [3.8, 4) is 0 Å². The normalized spacial score (nSPS) is 15.5. The summed E-state index contributed by atoms with van der Waals surface area (Å²) in [7, 11) is 0. The van der Waals surface area contributed by atoms with Crippen molar-refractivity contribution in [2.45, 2.75) is 19.8 Å². The number of hydrogen-bond acceptors (Lipinski definition) is 4. The number of rotatable bonds is 3. The quantitative estimate of drug-likeness (QED) is 0.769. The Labute approximate surface area is 149 Å². The highest BCUT2D eigenvalue weighted by molar-refractivity contribution is 14.1. The fraction of sp³-hybridized carbons (Fsp3) is 0.353. The highest BCUT2D eigenvalue weighted by Crippen LogP contribution is 2.20. The monoisotopic (exact) mass is 422 g/mol. The van der Waals surface area contributed by atoms with Crippen LogP contribution in [0.3, 0.4) is 0 Å². The van der Waals surface area contributed by atoms with E-state index in [9.17, 15) is 4.79 Å². The summed E-state index contributed by atoms with van der Waals surface area (Å²) >= 11 is 2.19. The SMILES string of the molecule is CC1CCN(c2ncc(NC(=O)c3cccc(I)c3)cn2)CC1. The molecule has 0 saturated carbocycles. The van der Waals surface area contributed by atoms with Crippen LogP contribution in [-0.4, -0.2) is 29.0 Å². The number of halogens is 1. The first-order chi connectivity index (χ1) is 11.1. The van der Waals surface area contributed by atoms with Crippen molar-refractivity contribution in [1.82, 2.24) is 9.97 Å². The molecule has 3 rings (SSSR count). The van der Waals surface area contributed by atoms with Crippen LogP contribution in [-0.2, 0) is 0 Å². The molecule has 6 heteroatoms. The fourth-order valence-electron chi connectivity index (χ4n) is 2.59. The zero-order valence-corrected chi connectivity index (χ0v) is 15.2. The van der Waals surface area contributed by atoms with Crippen LogP contribution < -0.4 is 10.2 Å². The maximum atomic E-state index is 12.2. The molecule has 1 saturated heterocycles. The topological polar surface area (TPSA) is 58.1 Å². The van der Waals surface area contributed by atoms with Crippen LogP contribution in [0.15, 0.2) is 36.7 Å². The van der Waals surface area contributed by atoms with Crippen LogP contribution in [0.25, 0.3) is 0 Å². The van der Waals surface area contributed by atoms with E-state index in [1.54, 1.807) is 18.5 Å². The van der Waals surface area contributed by atoms with E-state index >= 15 is 0 Å². The van der Waals surface area contributed by atoms with Gasteiger partial charge in [-0.25, -0.2) is 9.97 Å². The minimum absolute atomic E-state index is 0.147. The lowest BCUT2D eigenvalue weighted by Gasteiger charge is -2.30. The molecule has 0 unspecified atom stereocenters. The summed E-state index contributed by atoms with van der Waals surface area (Å²) in [5.41, 5.74) is 1.24. The van der Waals surface area contributed by atoms with E-state index in [2.05, 4.69) is 49.7 Å². The van der Waals surface area contributed by atoms with E-state index in [-0.39, 0.29) is 5.91 Å². The first-order valence-electron chi connectivity index (χ1n) is 7.76. The summed E-state index contributed by atoms with van der Waals surface area (Å²) in [6.07, 6.45) is 5.70. The van der Waals surface area contributed by atoms with Crippen molar-refractivity contribution in [2.75, 3.05) is 23.3 Å². The molecule has 1 aliphatic heterocycles. The third-order valence-corrected chi connectivity index (χ3v) is 4.72. The van der Waals surface area contributed by atoms with Gasteiger partial charge in [-0.3, -0.25) is 4.79 Å². The standard InChI is InChI=1S/C17H19IN4O/c1-12-5-7-22(8-6-12)17-19-10-15(11-20-17)21-16(23)13-3-2-4-14(18)9-13/h2-4,9-12H,5-8H2,1H3,(H,21,23). The Bertz CT molecular complexity index is 681. The molecule has 0 radical (unpaired) electrons. The highest BCUT2D eigenvalue weighted by atomic mass is 127. The Kier molecular flexibility index (Phi) is 5.09. The average molecular weight is 422 g/mol. The van der Waals surface area contributed by atoms with Crippen molar-refractivity contribution in [1.29, 1.82) is 0 Å². The molecule has 1 N–H and O–H groups in total. The van der Waals surface area contributed by atoms with Gasteiger partial charge in [0.1, 0.15) is 0 Å². The van der Waals surface area contributed by atoms with Crippen LogP contribution in [0, 0.1) is 9.49 Å². The van der Waals surface area contributed by atoms with Gasteiger partial charge in [-0.1, -0.05) is 13.0 Å². The number of nitrogens with one attached hydrogen (secondary N) is 1. The Balaban J connectivity index is 1.64. The Morgan fingerprint density at radius 3 is 2.61 bits per heavy atom. The van der Waals surface area contributed by atoms with E-state index in [0.29, 0.717) is 11.3 Å². The van der Waals surface area contributed by atoms with E-state index in [0.717, 1.165) is 28.5 Å². The number of carbonyl (C=O) groups excluding carboxylic acids is 1. The molecule has 0 aliphatic carbocycles. The van der Waals surface area contributed by atoms with Crippen LogP contribution in [0.5, 0.6) is 0 Å². The maximum absolute atomic E-state index is 12.2. The van der Waals surface area contributed by atoms with Crippen molar-refractivity contribution < 1.29 is 4.79 Å². The Hall–Kier alpha value is -1.70. The van der Waals surface area contributed by atoms with Gasteiger partial charge in [-0.15, -0.1) is 0 Å². The summed E-state index contributed by atoms with van der Waals surface area (Å²) in [5, 5.41) is 2.84. The van der Waals surface area contributed by atoms with Crippen molar-refractivity contribution in [3.63, 3.8) is 0 Å². The number of nitrogens with zero attached hydrogens (tertiary/aromatic N) is 3.